The van der Waals surface area contributed by atoms with Crippen molar-refractivity contribution in [2.24, 2.45) is 0 Å². The molecule has 0 bridgehead atoms. The molecule has 2 atom stereocenters. The summed E-state index contributed by atoms with van der Waals surface area (Å²) in [5, 5.41) is 0. The topological polar surface area (TPSA) is 56.6 Å². The molecule has 6 heteroatoms. The second-order valence-electron chi connectivity index (χ2n) is 9.22. The van der Waals surface area contributed by atoms with E-state index < -0.39 is 5.41 Å². The summed E-state index contributed by atoms with van der Waals surface area (Å²) in [6.45, 7) is 5.01. The summed E-state index contributed by atoms with van der Waals surface area (Å²) in [6, 6.07) is 20.9. The van der Waals surface area contributed by atoms with Crippen LogP contribution in [0.3, 0.4) is 0 Å². The maximum absolute atomic E-state index is 13.4. The van der Waals surface area contributed by atoms with Gasteiger partial charge in [0.1, 0.15) is 5.76 Å². The van der Waals surface area contributed by atoms with Crippen LogP contribution in [-0.2, 0) is 32.5 Å². The second kappa shape index (κ2) is 13.3. The minimum Gasteiger partial charge on any atom is -0.676 e. The van der Waals surface area contributed by atoms with Crippen molar-refractivity contribution in [2.75, 3.05) is 27.2 Å². The SMILES string of the molecule is C/C=C(\OC(=O)N1CCCCC1C[NH-])C(CC(C)N(C)C)(c1ccccc1)c1ccccc1.[Ag+]. The zero-order chi connectivity index (χ0) is 23.8. The van der Waals surface area contributed by atoms with Gasteiger partial charge in [-0.2, -0.15) is 0 Å². The van der Waals surface area contributed by atoms with Crippen molar-refractivity contribution in [3.63, 3.8) is 0 Å². The van der Waals surface area contributed by atoms with Crippen molar-refractivity contribution >= 4 is 6.09 Å². The van der Waals surface area contributed by atoms with Crippen molar-refractivity contribution in [1.29, 1.82) is 0 Å². The van der Waals surface area contributed by atoms with Crippen LogP contribution in [0, 0.1) is 0 Å². The van der Waals surface area contributed by atoms with E-state index in [1.807, 2.05) is 49.4 Å². The third-order valence-electron chi connectivity index (χ3n) is 6.99. The minimum atomic E-state index is -0.622. The van der Waals surface area contributed by atoms with Gasteiger partial charge >= 0.3 is 28.5 Å². The number of carbonyl (C=O) groups is 1. The molecule has 1 aliphatic rings. The molecular weight excluding hydrogens is 518 g/mol. The van der Waals surface area contributed by atoms with Gasteiger partial charge in [0.15, 0.2) is 0 Å². The summed E-state index contributed by atoms with van der Waals surface area (Å²) in [5.74, 6) is 0.646. The van der Waals surface area contributed by atoms with Gasteiger partial charge in [0.05, 0.1) is 5.41 Å². The third-order valence-corrected chi connectivity index (χ3v) is 6.99. The third kappa shape index (κ3) is 6.21. The average molecular weight is 556 g/mol. The van der Waals surface area contributed by atoms with Crippen LogP contribution in [0.5, 0.6) is 0 Å². The number of allylic oxidation sites excluding steroid dienone is 2. The van der Waals surface area contributed by atoms with Gasteiger partial charge in [0.25, 0.3) is 0 Å². The number of benzene rings is 2. The van der Waals surface area contributed by atoms with Crippen molar-refractivity contribution < 1.29 is 31.9 Å². The Hall–Kier alpha value is -1.89. The Morgan fingerprint density at radius 2 is 1.68 bits per heavy atom. The fourth-order valence-electron chi connectivity index (χ4n) is 4.86. The molecule has 1 N–H and O–H groups in total. The molecule has 34 heavy (non-hydrogen) atoms. The molecule has 0 saturated carbocycles. The minimum absolute atomic E-state index is 0. The number of rotatable bonds is 8. The van der Waals surface area contributed by atoms with Crippen molar-refractivity contribution in [3.8, 4) is 0 Å². The van der Waals surface area contributed by atoms with Crippen LogP contribution in [0.15, 0.2) is 72.5 Å². The van der Waals surface area contributed by atoms with E-state index in [0.717, 1.165) is 36.8 Å². The van der Waals surface area contributed by atoms with Gasteiger partial charge in [-0.1, -0.05) is 60.7 Å². The summed E-state index contributed by atoms with van der Waals surface area (Å²) in [5.41, 5.74) is 9.49. The number of amides is 1. The molecule has 2 unspecified atom stereocenters. The molecule has 3 rings (SSSR count). The van der Waals surface area contributed by atoms with Gasteiger partial charge in [-0.05, 0) is 70.8 Å². The maximum atomic E-state index is 13.4. The van der Waals surface area contributed by atoms with Gasteiger partial charge < -0.3 is 20.3 Å². The van der Waals surface area contributed by atoms with Gasteiger partial charge in [-0.15, -0.1) is 6.54 Å². The first-order valence-electron chi connectivity index (χ1n) is 12.0. The van der Waals surface area contributed by atoms with E-state index in [0.29, 0.717) is 12.3 Å². The monoisotopic (exact) mass is 555 g/mol. The normalized spacial score (nSPS) is 17.8. The molecule has 0 radical (unpaired) electrons. The smallest absolute Gasteiger partial charge is 0.676 e. The van der Waals surface area contributed by atoms with Gasteiger partial charge in [-0.3, -0.25) is 0 Å². The van der Waals surface area contributed by atoms with E-state index in [9.17, 15) is 4.79 Å². The molecular formula is C28H38AgN3O2. The van der Waals surface area contributed by atoms with Gasteiger partial charge in [-0.25, -0.2) is 4.79 Å². The van der Waals surface area contributed by atoms with Crippen LogP contribution < -0.4 is 0 Å². The van der Waals surface area contributed by atoms with E-state index in [1.54, 1.807) is 4.90 Å². The first kappa shape index (κ1) is 28.3. The first-order valence-corrected chi connectivity index (χ1v) is 12.0. The fourth-order valence-corrected chi connectivity index (χ4v) is 4.86. The molecule has 2 aromatic rings. The molecule has 0 aliphatic carbocycles. The molecule has 1 saturated heterocycles. The van der Waals surface area contributed by atoms with Crippen LogP contribution in [0.1, 0.15) is 50.7 Å². The molecule has 1 amide bonds. The average Bonchev–Trinajstić information content (AvgIpc) is 2.86. The Morgan fingerprint density at radius 1 is 1.12 bits per heavy atom. The number of ether oxygens (including phenoxy) is 1. The standard InChI is InChI=1S/C28H38N3O2.Ag/c1-5-26(33-27(32)31-19-13-12-18-25(31)21-29)28(20-22(2)30(3)4,23-14-8-6-9-15-23)24-16-10-7-11-17-24;/h5-11,14-17,22,25,29H,12-13,18-21H2,1-4H3;/q-1;+1/b26-5-;. The Morgan fingerprint density at radius 3 is 2.15 bits per heavy atom. The largest absolute Gasteiger partial charge is 1.00 e. The van der Waals surface area contributed by atoms with Crippen molar-refractivity contribution in [2.45, 2.75) is 57.0 Å². The van der Waals surface area contributed by atoms with Crippen molar-refractivity contribution in [3.05, 3.63) is 89.4 Å². The van der Waals surface area contributed by atoms with Crippen LogP contribution in [-0.4, -0.2) is 55.2 Å². The molecule has 1 aliphatic heterocycles. The number of likely N-dealkylation sites (tertiary alicyclic amines) is 1. The van der Waals surface area contributed by atoms with Crippen LogP contribution in [0.25, 0.3) is 5.73 Å². The number of hydrogen-bond acceptors (Lipinski definition) is 3. The van der Waals surface area contributed by atoms with Crippen LogP contribution >= 0.6 is 0 Å². The predicted octanol–water partition coefficient (Wildman–Crippen LogP) is 6.26. The van der Waals surface area contributed by atoms with Gasteiger partial charge in [0, 0.05) is 18.6 Å². The van der Waals surface area contributed by atoms with Crippen LogP contribution in [0.4, 0.5) is 4.79 Å². The fraction of sp³-hybridized carbons (Fsp3) is 0.464. The summed E-state index contributed by atoms with van der Waals surface area (Å²) < 4.78 is 6.27. The van der Waals surface area contributed by atoms with E-state index in [2.05, 4.69) is 50.2 Å². The Bertz CT molecular complexity index is 878. The number of nitrogens with zero attached hydrogens (tertiary/aromatic N) is 2. The summed E-state index contributed by atoms with van der Waals surface area (Å²) in [7, 11) is 4.17. The van der Waals surface area contributed by atoms with E-state index in [1.165, 1.54) is 0 Å². The molecule has 2 aromatic carbocycles. The van der Waals surface area contributed by atoms with E-state index >= 15 is 0 Å². The summed E-state index contributed by atoms with van der Waals surface area (Å²) in [4.78, 5) is 17.4. The molecule has 188 valence electrons. The summed E-state index contributed by atoms with van der Waals surface area (Å²) >= 11 is 0. The van der Waals surface area contributed by atoms with Crippen molar-refractivity contribution in [1.82, 2.24) is 9.80 Å². The number of hydrogen-bond donors (Lipinski definition) is 0. The molecule has 1 fully saturated rings. The quantitative estimate of drug-likeness (QED) is 0.285. The Kier molecular flexibility index (Phi) is 11.1. The maximum Gasteiger partial charge on any atom is 1.00 e. The second-order valence-corrected chi connectivity index (χ2v) is 9.22. The zero-order valence-corrected chi connectivity index (χ0v) is 22.2. The summed E-state index contributed by atoms with van der Waals surface area (Å²) in [6.07, 6.45) is 5.24. The predicted molar refractivity (Wildman–Crippen MR) is 135 cm³/mol. The Labute approximate surface area is 220 Å². The first-order chi connectivity index (χ1) is 15.9. The van der Waals surface area contributed by atoms with Gasteiger partial charge in [0.2, 0.25) is 0 Å². The number of carbonyl (C=O) groups excluding carboxylic acids is 1. The molecule has 1 heterocycles. The molecule has 0 aromatic heterocycles. The van der Waals surface area contributed by atoms with Crippen LogP contribution in [0.2, 0.25) is 0 Å². The zero-order valence-electron chi connectivity index (χ0n) is 20.8. The Balaban J connectivity index is 0.00000408. The van der Waals surface area contributed by atoms with E-state index in [4.69, 9.17) is 10.5 Å². The molecule has 5 nitrogen and oxygen atoms in total. The van der Waals surface area contributed by atoms with E-state index in [-0.39, 0.29) is 47.1 Å². The number of nitrogens with one attached hydrogen (secondary N) is 1. The molecule has 0 spiro atoms. The number of piperidine rings is 1.